The number of tetrazole rings is 1. The van der Waals surface area contributed by atoms with Crippen LogP contribution in [-0.4, -0.2) is 45.7 Å². The van der Waals surface area contributed by atoms with E-state index in [9.17, 15) is 8.42 Å². The van der Waals surface area contributed by atoms with Gasteiger partial charge in [-0.2, -0.15) is 5.21 Å². The van der Waals surface area contributed by atoms with Crippen LogP contribution < -0.4 is 4.72 Å². The van der Waals surface area contributed by atoms with E-state index in [1.54, 1.807) is 0 Å². The van der Waals surface area contributed by atoms with E-state index < -0.39 is 10.0 Å². The molecule has 0 aromatic carbocycles. The van der Waals surface area contributed by atoms with Crippen molar-refractivity contribution in [1.29, 1.82) is 0 Å². The molecule has 9 nitrogen and oxygen atoms in total. The number of sulfonamides is 1. The molecule has 2 rings (SSSR count). The lowest BCUT2D eigenvalue weighted by Crippen LogP contribution is -2.24. The Hall–Kier alpha value is -2.35. The second-order valence-corrected chi connectivity index (χ2v) is 5.60. The summed E-state index contributed by atoms with van der Waals surface area (Å²) in [7, 11) is -3.74. The van der Waals surface area contributed by atoms with Gasteiger partial charge in [-0.25, -0.2) is 13.1 Å². The molecule has 0 aliphatic heterocycles. The number of aliphatic hydroxyl groups excluding tert-OH is 1. The number of pyridine rings is 1. The van der Waals surface area contributed by atoms with Crippen LogP contribution in [0.1, 0.15) is 17.8 Å². The first-order valence-corrected chi connectivity index (χ1v) is 7.37. The van der Waals surface area contributed by atoms with Crippen LogP contribution in [0, 0.1) is 11.8 Å². The maximum atomic E-state index is 12.1. The van der Waals surface area contributed by atoms with Gasteiger partial charge in [0.25, 0.3) is 0 Å². The minimum Gasteiger partial charge on any atom is -0.395 e. The Morgan fingerprint density at radius 3 is 2.95 bits per heavy atom. The summed E-state index contributed by atoms with van der Waals surface area (Å²) >= 11 is 0. The molecule has 0 aliphatic carbocycles. The fourth-order valence-electron chi connectivity index (χ4n) is 1.35. The van der Waals surface area contributed by atoms with Crippen molar-refractivity contribution >= 4 is 10.0 Å². The van der Waals surface area contributed by atoms with E-state index in [0.29, 0.717) is 12.0 Å². The van der Waals surface area contributed by atoms with Crippen molar-refractivity contribution in [2.75, 3.05) is 6.61 Å². The van der Waals surface area contributed by atoms with E-state index in [1.165, 1.54) is 18.5 Å². The molecule has 2 aromatic heterocycles. The minimum atomic E-state index is -3.74. The zero-order valence-electron chi connectivity index (χ0n) is 10.8. The topological polar surface area (TPSA) is 134 Å². The van der Waals surface area contributed by atoms with Crippen LogP contribution in [0.4, 0.5) is 0 Å². The number of aromatic amines is 1. The first-order chi connectivity index (χ1) is 10.1. The normalized spacial score (nSPS) is 10.9. The average Bonchev–Trinajstić information content (AvgIpc) is 2.99. The van der Waals surface area contributed by atoms with Gasteiger partial charge in [-0.3, -0.25) is 4.98 Å². The van der Waals surface area contributed by atoms with Gasteiger partial charge in [-0.15, -0.1) is 10.2 Å². The Bertz CT molecular complexity index is 748. The standard InChI is InChI=1S/C11H12N6O3S/c18-4-2-1-3-9-5-10(7-12-6-9)21(19,20)13-8-11-14-16-17-15-11/h5-7,13,18H,2,4,8H2,(H,14,15,16,17). The average molecular weight is 308 g/mol. The molecule has 0 aliphatic rings. The molecule has 21 heavy (non-hydrogen) atoms. The van der Waals surface area contributed by atoms with E-state index >= 15 is 0 Å². The van der Waals surface area contributed by atoms with Crippen molar-refractivity contribution < 1.29 is 13.5 Å². The fourth-order valence-corrected chi connectivity index (χ4v) is 2.32. The largest absolute Gasteiger partial charge is 0.395 e. The predicted octanol–water partition coefficient (Wildman–Crippen LogP) is -1.19. The Balaban J connectivity index is 2.12. The first kappa shape index (κ1) is 15.0. The molecule has 0 amide bonds. The molecule has 2 heterocycles. The number of aliphatic hydroxyl groups is 1. The molecule has 0 radical (unpaired) electrons. The van der Waals surface area contributed by atoms with Gasteiger partial charge in [0.1, 0.15) is 4.90 Å². The molecule has 0 saturated heterocycles. The van der Waals surface area contributed by atoms with Crippen molar-refractivity contribution in [2.45, 2.75) is 17.9 Å². The highest BCUT2D eigenvalue weighted by Gasteiger charge is 2.15. The molecule has 0 saturated carbocycles. The van der Waals surface area contributed by atoms with Gasteiger partial charge in [-0.05, 0) is 6.07 Å². The molecule has 0 fully saturated rings. The van der Waals surface area contributed by atoms with Crippen LogP contribution in [0.3, 0.4) is 0 Å². The van der Waals surface area contributed by atoms with Crippen molar-refractivity contribution in [3.05, 3.63) is 29.8 Å². The first-order valence-electron chi connectivity index (χ1n) is 5.88. The lowest BCUT2D eigenvalue weighted by molar-refractivity contribution is 0.305. The number of aromatic nitrogens is 5. The second kappa shape index (κ2) is 6.89. The number of hydrogen-bond acceptors (Lipinski definition) is 7. The van der Waals surface area contributed by atoms with Crippen LogP contribution >= 0.6 is 0 Å². The monoisotopic (exact) mass is 308 g/mol. The van der Waals surface area contributed by atoms with E-state index in [1.807, 2.05) is 0 Å². The van der Waals surface area contributed by atoms with E-state index in [-0.39, 0.29) is 23.9 Å². The Kier molecular flexibility index (Phi) is 4.94. The molecule has 10 heteroatoms. The van der Waals surface area contributed by atoms with Crippen LogP contribution in [0.2, 0.25) is 0 Å². The zero-order chi connectivity index (χ0) is 15.1. The van der Waals surface area contributed by atoms with Gasteiger partial charge in [0.15, 0.2) is 5.82 Å². The highest BCUT2D eigenvalue weighted by Crippen LogP contribution is 2.09. The number of nitrogens with zero attached hydrogens (tertiary/aromatic N) is 4. The maximum Gasteiger partial charge on any atom is 0.242 e. The van der Waals surface area contributed by atoms with Gasteiger partial charge >= 0.3 is 0 Å². The summed E-state index contributed by atoms with van der Waals surface area (Å²) in [6, 6.07) is 1.40. The van der Waals surface area contributed by atoms with E-state index in [4.69, 9.17) is 5.11 Å². The number of nitrogens with one attached hydrogen (secondary N) is 2. The highest BCUT2D eigenvalue weighted by atomic mass is 32.2. The maximum absolute atomic E-state index is 12.1. The second-order valence-electron chi connectivity index (χ2n) is 3.84. The Morgan fingerprint density at radius 2 is 2.24 bits per heavy atom. The molecule has 0 spiro atoms. The third-order valence-electron chi connectivity index (χ3n) is 2.30. The fraction of sp³-hybridized carbons (Fsp3) is 0.273. The third kappa shape index (κ3) is 4.32. The van der Waals surface area contributed by atoms with Crippen molar-refractivity contribution in [3.8, 4) is 11.8 Å². The van der Waals surface area contributed by atoms with Crippen molar-refractivity contribution in [1.82, 2.24) is 30.3 Å². The van der Waals surface area contributed by atoms with Gasteiger partial charge in [0.05, 0.1) is 13.2 Å². The number of H-pyrrole nitrogens is 1. The molecule has 3 N–H and O–H groups in total. The van der Waals surface area contributed by atoms with E-state index in [0.717, 1.165) is 0 Å². The predicted molar refractivity (Wildman–Crippen MR) is 71.0 cm³/mol. The van der Waals surface area contributed by atoms with Gasteiger partial charge in [0, 0.05) is 24.4 Å². The lowest BCUT2D eigenvalue weighted by Gasteiger charge is -2.04. The van der Waals surface area contributed by atoms with Crippen molar-refractivity contribution in [2.24, 2.45) is 0 Å². The molecule has 2 aromatic rings. The van der Waals surface area contributed by atoms with Crippen molar-refractivity contribution in [3.63, 3.8) is 0 Å². The SMILES string of the molecule is O=S(=O)(NCc1nn[nH]n1)c1cncc(C#CCCO)c1. The van der Waals surface area contributed by atoms with Crippen LogP contribution in [0.15, 0.2) is 23.4 Å². The highest BCUT2D eigenvalue weighted by molar-refractivity contribution is 7.89. The number of hydrogen-bond donors (Lipinski definition) is 3. The summed E-state index contributed by atoms with van der Waals surface area (Å²) in [6.07, 6.45) is 2.98. The molecule has 0 unspecified atom stereocenters. The summed E-state index contributed by atoms with van der Waals surface area (Å²) in [4.78, 5) is 3.83. The van der Waals surface area contributed by atoms with Crippen LogP contribution in [0.25, 0.3) is 0 Å². The van der Waals surface area contributed by atoms with Gasteiger partial charge in [0.2, 0.25) is 10.0 Å². The smallest absolute Gasteiger partial charge is 0.242 e. The molecule has 110 valence electrons. The van der Waals surface area contributed by atoms with Gasteiger partial charge in [-0.1, -0.05) is 17.1 Å². The quantitative estimate of drug-likeness (QED) is 0.591. The summed E-state index contributed by atoms with van der Waals surface area (Å²) in [5.74, 6) is 5.65. The minimum absolute atomic E-state index is 0.0122. The summed E-state index contributed by atoms with van der Waals surface area (Å²) < 4.78 is 26.5. The Morgan fingerprint density at radius 1 is 1.38 bits per heavy atom. The van der Waals surface area contributed by atoms with E-state index in [2.05, 4.69) is 42.2 Å². The number of rotatable bonds is 5. The molecule has 0 bridgehead atoms. The summed E-state index contributed by atoms with van der Waals surface area (Å²) in [5.41, 5.74) is 0.450. The summed E-state index contributed by atoms with van der Waals surface area (Å²) in [6.45, 7) is -0.135. The van der Waals surface area contributed by atoms with Crippen LogP contribution in [0.5, 0.6) is 0 Å². The van der Waals surface area contributed by atoms with Gasteiger partial charge < -0.3 is 5.11 Å². The Labute approximate surface area is 120 Å². The summed E-state index contributed by atoms with van der Waals surface area (Å²) in [5, 5.41) is 21.5. The lowest BCUT2D eigenvalue weighted by atomic mass is 10.3. The van der Waals surface area contributed by atoms with Crippen LogP contribution in [-0.2, 0) is 16.6 Å². The molecule has 0 atom stereocenters. The zero-order valence-corrected chi connectivity index (χ0v) is 11.6. The third-order valence-corrected chi connectivity index (χ3v) is 3.67. The molecular weight excluding hydrogens is 296 g/mol. The molecular formula is C11H12N6O3S.